The topological polar surface area (TPSA) is 77.3 Å². The van der Waals surface area contributed by atoms with E-state index in [4.69, 9.17) is 9.15 Å². The summed E-state index contributed by atoms with van der Waals surface area (Å²) >= 11 is 0. The third-order valence-corrected chi connectivity index (χ3v) is 2.64. The summed E-state index contributed by atoms with van der Waals surface area (Å²) < 4.78 is 10.6. The van der Waals surface area contributed by atoms with Crippen LogP contribution >= 0.6 is 0 Å². The fraction of sp³-hybridized carbons (Fsp3) is 0.357. The molecular formula is C14H17N3O3. The normalized spacial score (nSPS) is 11.2. The molecule has 0 spiro atoms. The van der Waals surface area contributed by atoms with Gasteiger partial charge >= 0.3 is 6.01 Å². The van der Waals surface area contributed by atoms with Crippen LogP contribution in [0, 0.1) is 5.41 Å². The second-order valence-corrected chi connectivity index (χ2v) is 5.35. The van der Waals surface area contributed by atoms with Crippen molar-refractivity contribution in [2.45, 2.75) is 20.8 Å². The molecule has 0 atom stereocenters. The predicted octanol–water partition coefficient (Wildman–Crippen LogP) is 2.73. The molecule has 0 aliphatic carbocycles. The maximum atomic E-state index is 11.8. The number of rotatable bonds is 3. The van der Waals surface area contributed by atoms with Gasteiger partial charge in [0.1, 0.15) is 5.75 Å². The van der Waals surface area contributed by atoms with Crippen LogP contribution in [0.2, 0.25) is 0 Å². The SMILES string of the molecule is COc1cccc(-c2nnc(NC(=O)C(C)(C)C)o2)c1. The lowest BCUT2D eigenvalue weighted by Gasteiger charge is -2.15. The Morgan fingerprint density at radius 3 is 2.70 bits per heavy atom. The highest BCUT2D eigenvalue weighted by molar-refractivity contribution is 5.92. The first-order valence-electron chi connectivity index (χ1n) is 6.19. The molecule has 106 valence electrons. The van der Waals surface area contributed by atoms with Crippen molar-refractivity contribution in [2.24, 2.45) is 5.41 Å². The van der Waals surface area contributed by atoms with Crippen molar-refractivity contribution >= 4 is 11.9 Å². The van der Waals surface area contributed by atoms with Crippen LogP contribution in [0.4, 0.5) is 6.01 Å². The van der Waals surface area contributed by atoms with Crippen LogP contribution in [0.25, 0.3) is 11.5 Å². The van der Waals surface area contributed by atoms with E-state index in [9.17, 15) is 4.79 Å². The number of ether oxygens (including phenoxy) is 1. The average Bonchev–Trinajstić information content (AvgIpc) is 2.86. The smallest absolute Gasteiger partial charge is 0.322 e. The number of amides is 1. The molecule has 0 unspecified atom stereocenters. The van der Waals surface area contributed by atoms with Crippen LogP contribution < -0.4 is 10.1 Å². The van der Waals surface area contributed by atoms with E-state index in [0.717, 1.165) is 5.56 Å². The highest BCUT2D eigenvalue weighted by Crippen LogP contribution is 2.24. The number of anilines is 1. The summed E-state index contributed by atoms with van der Waals surface area (Å²) in [6.45, 7) is 5.42. The Morgan fingerprint density at radius 1 is 1.30 bits per heavy atom. The van der Waals surface area contributed by atoms with Crippen molar-refractivity contribution < 1.29 is 13.9 Å². The van der Waals surface area contributed by atoms with Gasteiger partial charge in [0.15, 0.2) is 0 Å². The molecule has 2 aromatic rings. The lowest BCUT2D eigenvalue weighted by Crippen LogP contribution is -2.27. The monoisotopic (exact) mass is 275 g/mol. The van der Waals surface area contributed by atoms with Crippen molar-refractivity contribution in [3.8, 4) is 17.2 Å². The van der Waals surface area contributed by atoms with E-state index in [1.54, 1.807) is 13.2 Å². The van der Waals surface area contributed by atoms with E-state index in [2.05, 4.69) is 15.5 Å². The van der Waals surface area contributed by atoms with Gasteiger partial charge in [-0.25, -0.2) is 0 Å². The van der Waals surface area contributed by atoms with Crippen LogP contribution in [0.15, 0.2) is 28.7 Å². The van der Waals surface area contributed by atoms with Crippen molar-refractivity contribution in [3.63, 3.8) is 0 Å². The molecule has 0 aliphatic rings. The fourth-order valence-electron chi connectivity index (χ4n) is 1.43. The fourth-order valence-corrected chi connectivity index (χ4v) is 1.43. The van der Waals surface area contributed by atoms with Crippen molar-refractivity contribution in [1.82, 2.24) is 10.2 Å². The molecule has 6 heteroatoms. The number of carbonyl (C=O) groups excluding carboxylic acids is 1. The van der Waals surface area contributed by atoms with Crippen LogP contribution in [-0.4, -0.2) is 23.2 Å². The van der Waals surface area contributed by atoms with Crippen LogP contribution in [0.5, 0.6) is 5.75 Å². The molecular weight excluding hydrogens is 258 g/mol. The standard InChI is InChI=1S/C14H17N3O3/c1-14(2,3)12(18)15-13-17-16-11(20-13)9-6-5-7-10(8-9)19-4/h5-8H,1-4H3,(H,15,17,18). The van der Waals surface area contributed by atoms with Gasteiger partial charge in [-0.15, -0.1) is 5.10 Å². The largest absolute Gasteiger partial charge is 0.497 e. The van der Waals surface area contributed by atoms with Gasteiger partial charge in [-0.1, -0.05) is 31.9 Å². The number of nitrogens with one attached hydrogen (secondary N) is 1. The van der Waals surface area contributed by atoms with Gasteiger partial charge < -0.3 is 9.15 Å². The number of hydrogen-bond acceptors (Lipinski definition) is 5. The molecule has 1 heterocycles. The summed E-state index contributed by atoms with van der Waals surface area (Å²) in [5, 5.41) is 10.3. The van der Waals surface area contributed by atoms with Gasteiger partial charge in [0.05, 0.1) is 7.11 Å². The first kappa shape index (κ1) is 14.0. The van der Waals surface area contributed by atoms with Gasteiger partial charge in [-0.2, -0.15) is 0 Å². The number of benzene rings is 1. The number of hydrogen-bond donors (Lipinski definition) is 1. The van der Waals surface area contributed by atoms with Gasteiger partial charge in [-0.05, 0) is 18.2 Å². The summed E-state index contributed by atoms with van der Waals surface area (Å²) in [6, 6.07) is 7.34. The first-order chi connectivity index (χ1) is 9.40. The predicted molar refractivity (Wildman–Crippen MR) is 74.4 cm³/mol. The Balaban J connectivity index is 2.18. The Hall–Kier alpha value is -2.37. The Kier molecular flexibility index (Phi) is 3.74. The number of methoxy groups -OCH3 is 1. The number of carbonyl (C=O) groups is 1. The second-order valence-electron chi connectivity index (χ2n) is 5.35. The Labute approximate surface area is 117 Å². The summed E-state index contributed by atoms with van der Waals surface area (Å²) in [5.41, 5.74) is 0.207. The summed E-state index contributed by atoms with van der Waals surface area (Å²) in [7, 11) is 1.59. The summed E-state index contributed by atoms with van der Waals surface area (Å²) in [6.07, 6.45) is 0. The molecule has 6 nitrogen and oxygen atoms in total. The highest BCUT2D eigenvalue weighted by atomic mass is 16.5. The molecule has 0 fully saturated rings. The third kappa shape index (κ3) is 3.14. The number of aromatic nitrogens is 2. The minimum atomic E-state index is -0.523. The van der Waals surface area contributed by atoms with Crippen LogP contribution in [0.3, 0.4) is 0 Å². The van der Waals surface area contributed by atoms with Crippen molar-refractivity contribution in [3.05, 3.63) is 24.3 Å². The van der Waals surface area contributed by atoms with E-state index < -0.39 is 5.41 Å². The first-order valence-corrected chi connectivity index (χ1v) is 6.19. The maximum Gasteiger partial charge on any atom is 0.322 e. The van der Waals surface area contributed by atoms with E-state index in [-0.39, 0.29) is 11.9 Å². The second kappa shape index (κ2) is 5.32. The Bertz CT molecular complexity index is 614. The lowest BCUT2D eigenvalue weighted by atomic mass is 9.96. The molecule has 0 aliphatic heterocycles. The molecule has 0 bridgehead atoms. The summed E-state index contributed by atoms with van der Waals surface area (Å²) in [4.78, 5) is 11.8. The van der Waals surface area contributed by atoms with Crippen LogP contribution in [0.1, 0.15) is 20.8 Å². The maximum absolute atomic E-state index is 11.8. The molecule has 1 aromatic heterocycles. The molecule has 1 N–H and O–H groups in total. The molecule has 0 saturated heterocycles. The third-order valence-electron chi connectivity index (χ3n) is 2.64. The van der Waals surface area contributed by atoms with Gasteiger partial charge in [0.2, 0.25) is 11.8 Å². The van der Waals surface area contributed by atoms with E-state index in [0.29, 0.717) is 11.6 Å². The zero-order valence-corrected chi connectivity index (χ0v) is 11.9. The zero-order valence-electron chi connectivity index (χ0n) is 11.9. The van der Waals surface area contributed by atoms with Crippen molar-refractivity contribution in [2.75, 3.05) is 12.4 Å². The van der Waals surface area contributed by atoms with E-state index >= 15 is 0 Å². The molecule has 2 rings (SSSR count). The average molecular weight is 275 g/mol. The Morgan fingerprint density at radius 2 is 2.05 bits per heavy atom. The summed E-state index contributed by atoms with van der Waals surface area (Å²) in [5.74, 6) is 0.840. The highest BCUT2D eigenvalue weighted by Gasteiger charge is 2.23. The molecule has 0 radical (unpaired) electrons. The van der Waals surface area contributed by atoms with E-state index in [1.165, 1.54) is 0 Å². The van der Waals surface area contributed by atoms with E-state index in [1.807, 2.05) is 39.0 Å². The minimum absolute atomic E-state index is 0.0859. The molecule has 0 saturated carbocycles. The van der Waals surface area contributed by atoms with Gasteiger partial charge in [-0.3, -0.25) is 10.1 Å². The zero-order chi connectivity index (χ0) is 14.8. The minimum Gasteiger partial charge on any atom is -0.497 e. The van der Waals surface area contributed by atoms with Gasteiger partial charge in [0.25, 0.3) is 0 Å². The van der Waals surface area contributed by atoms with Gasteiger partial charge in [0, 0.05) is 11.0 Å². The molecule has 20 heavy (non-hydrogen) atoms. The lowest BCUT2D eigenvalue weighted by molar-refractivity contribution is -0.123. The quantitative estimate of drug-likeness (QED) is 0.931. The number of nitrogens with zero attached hydrogens (tertiary/aromatic N) is 2. The van der Waals surface area contributed by atoms with Crippen LogP contribution in [-0.2, 0) is 4.79 Å². The van der Waals surface area contributed by atoms with Crippen molar-refractivity contribution in [1.29, 1.82) is 0 Å². The molecule has 1 amide bonds. The molecule has 1 aromatic carbocycles.